The number of carbonyl (C=O) groups is 1. The largest absolute Gasteiger partial charge is 0.324 e. The molecular weight excluding hydrogens is 342 g/mol. The van der Waals surface area contributed by atoms with Crippen LogP contribution in [0, 0.1) is 11.3 Å². The van der Waals surface area contributed by atoms with E-state index in [9.17, 15) is 4.79 Å². The van der Waals surface area contributed by atoms with Gasteiger partial charge in [-0.1, -0.05) is 30.0 Å². The SMILES string of the molecule is C[C@@H](Sc1n[nH]c(-c2cccs2)n1)C(=O)Nc1ccccc1C#N. The summed E-state index contributed by atoms with van der Waals surface area (Å²) in [7, 11) is 0. The summed E-state index contributed by atoms with van der Waals surface area (Å²) < 4.78 is 0. The number of nitriles is 1. The minimum Gasteiger partial charge on any atom is -0.324 e. The highest BCUT2D eigenvalue weighted by Crippen LogP contribution is 2.26. The molecule has 1 aromatic carbocycles. The lowest BCUT2D eigenvalue weighted by Gasteiger charge is -2.11. The molecule has 3 rings (SSSR count). The topological polar surface area (TPSA) is 94.5 Å². The van der Waals surface area contributed by atoms with Crippen molar-refractivity contribution in [1.82, 2.24) is 15.2 Å². The molecule has 0 saturated carbocycles. The summed E-state index contributed by atoms with van der Waals surface area (Å²) in [5.41, 5.74) is 0.938. The molecule has 2 heterocycles. The molecule has 6 nitrogen and oxygen atoms in total. The highest BCUT2D eigenvalue weighted by molar-refractivity contribution is 8.00. The number of nitrogens with zero attached hydrogens (tertiary/aromatic N) is 3. The molecule has 120 valence electrons. The molecule has 2 aromatic heterocycles. The van der Waals surface area contributed by atoms with E-state index in [1.807, 2.05) is 17.5 Å². The fourth-order valence-corrected chi connectivity index (χ4v) is 3.35. The number of hydrogen-bond donors (Lipinski definition) is 2. The summed E-state index contributed by atoms with van der Waals surface area (Å²) in [5, 5.41) is 20.9. The summed E-state index contributed by atoms with van der Waals surface area (Å²) >= 11 is 2.83. The molecule has 3 aromatic rings. The Morgan fingerprint density at radius 2 is 2.21 bits per heavy atom. The molecule has 0 aliphatic carbocycles. The fraction of sp³-hybridized carbons (Fsp3) is 0.125. The Bertz CT molecular complexity index is 882. The summed E-state index contributed by atoms with van der Waals surface area (Å²) in [6.07, 6.45) is 0. The zero-order valence-electron chi connectivity index (χ0n) is 12.7. The normalized spacial score (nSPS) is 11.7. The number of anilines is 1. The van der Waals surface area contributed by atoms with Crippen molar-refractivity contribution < 1.29 is 4.79 Å². The van der Waals surface area contributed by atoms with Crippen molar-refractivity contribution in [2.45, 2.75) is 17.3 Å². The Labute approximate surface area is 146 Å². The molecule has 8 heteroatoms. The van der Waals surface area contributed by atoms with Gasteiger partial charge < -0.3 is 5.32 Å². The standard InChI is InChI=1S/C16H13N5OS2/c1-10(15(22)18-12-6-3-2-5-11(12)9-17)24-16-19-14(20-21-16)13-7-4-8-23-13/h2-8,10H,1H3,(H,18,22)(H,19,20,21)/t10-/m1/s1. The van der Waals surface area contributed by atoms with Crippen molar-refractivity contribution in [2.24, 2.45) is 0 Å². The maximum Gasteiger partial charge on any atom is 0.237 e. The van der Waals surface area contributed by atoms with Crippen molar-refractivity contribution in [3.8, 4) is 16.8 Å². The maximum absolute atomic E-state index is 12.3. The van der Waals surface area contributed by atoms with Crippen LogP contribution < -0.4 is 5.32 Å². The second-order valence-corrected chi connectivity index (χ2v) is 7.11. The van der Waals surface area contributed by atoms with Gasteiger partial charge in [-0.2, -0.15) is 5.26 Å². The quantitative estimate of drug-likeness (QED) is 0.683. The first-order valence-corrected chi connectivity index (χ1v) is 8.86. The highest BCUT2D eigenvalue weighted by atomic mass is 32.2. The number of amides is 1. The summed E-state index contributed by atoms with van der Waals surface area (Å²) in [6, 6.07) is 12.9. The third kappa shape index (κ3) is 3.64. The Balaban J connectivity index is 1.65. The van der Waals surface area contributed by atoms with E-state index in [-0.39, 0.29) is 5.91 Å². The minimum absolute atomic E-state index is 0.204. The molecule has 0 saturated heterocycles. The molecule has 0 spiro atoms. The van der Waals surface area contributed by atoms with Gasteiger partial charge in [0.2, 0.25) is 11.1 Å². The van der Waals surface area contributed by atoms with Gasteiger partial charge in [-0.25, -0.2) is 4.98 Å². The number of thioether (sulfide) groups is 1. The number of benzene rings is 1. The second-order valence-electron chi connectivity index (χ2n) is 4.85. The molecule has 0 fully saturated rings. The van der Waals surface area contributed by atoms with Crippen LogP contribution >= 0.6 is 23.1 Å². The summed E-state index contributed by atoms with van der Waals surface area (Å²) in [6.45, 7) is 1.77. The number of rotatable bonds is 5. The smallest absolute Gasteiger partial charge is 0.237 e. The maximum atomic E-state index is 12.3. The molecule has 0 aliphatic rings. The van der Waals surface area contributed by atoms with Crippen LogP contribution in [-0.2, 0) is 4.79 Å². The second kappa shape index (κ2) is 7.29. The molecule has 1 amide bonds. The van der Waals surface area contributed by atoms with E-state index in [0.717, 1.165) is 4.88 Å². The van der Waals surface area contributed by atoms with Crippen molar-refractivity contribution in [3.63, 3.8) is 0 Å². The van der Waals surface area contributed by atoms with Crippen LogP contribution in [0.15, 0.2) is 46.9 Å². The number of hydrogen-bond acceptors (Lipinski definition) is 6. The number of aromatic nitrogens is 3. The molecule has 24 heavy (non-hydrogen) atoms. The Kier molecular flexibility index (Phi) is 4.93. The number of carbonyl (C=O) groups excluding carboxylic acids is 1. The lowest BCUT2D eigenvalue weighted by atomic mass is 10.2. The van der Waals surface area contributed by atoms with Gasteiger partial charge in [0, 0.05) is 0 Å². The first kappa shape index (κ1) is 16.2. The first-order chi connectivity index (χ1) is 11.7. The van der Waals surface area contributed by atoms with Gasteiger partial charge in [0.05, 0.1) is 21.4 Å². The predicted molar refractivity (Wildman–Crippen MR) is 94.8 cm³/mol. The van der Waals surface area contributed by atoms with E-state index < -0.39 is 5.25 Å². The van der Waals surface area contributed by atoms with Crippen molar-refractivity contribution in [3.05, 3.63) is 47.3 Å². The average Bonchev–Trinajstić information content (AvgIpc) is 3.26. The van der Waals surface area contributed by atoms with Crippen molar-refractivity contribution in [1.29, 1.82) is 5.26 Å². The van der Waals surface area contributed by atoms with Gasteiger partial charge in [0.15, 0.2) is 5.82 Å². The summed E-state index contributed by atoms with van der Waals surface area (Å²) in [5.74, 6) is 0.486. The molecular formula is C16H13N5OS2. The summed E-state index contributed by atoms with van der Waals surface area (Å²) in [4.78, 5) is 17.7. The predicted octanol–water partition coefficient (Wildman–Crippen LogP) is 3.52. The van der Waals surface area contributed by atoms with Gasteiger partial charge in [0.1, 0.15) is 6.07 Å². The Morgan fingerprint density at radius 1 is 1.38 bits per heavy atom. The van der Waals surface area contributed by atoms with Gasteiger partial charge in [0.25, 0.3) is 0 Å². The van der Waals surface area contributed by atoms with Gasteiger partial charge in [-0.3, -0.25) is 9.89 Å². The van der Waals surface area contributed by atoms with Gasteiger partial charge in [-0.15, -0.1) is 16.4 Å². The van der Waals surface area contributed by atoms with Crippen molar-refractivity contribution >= 4 is 34.7 Å². The number of nitrogens with one attached hydrogen (secondary N) is 2. The monoisotopic (exact) mass is 355 g/mol. The van der Waals surface area contributed by atoms with Crippen LogP contribution in [0.4, 0.5) is 5.69 Å². The van der Waals surface area contributed by atoms with E-state index in [1.54, 1.807) is 42.5 Å². The van der Waals surface area contributed by atoms with Crippen LogP contribution in [0.2, 0.25) is 0 Å². The minimum atomic E-state index is -0.399. The Hall–Kier alpha value is -2.63. The third-order valence-corrected chi connectivity index (χ3v) is 5.01. The van der Waals surface area contributed by atoms with Crippen LogP contribution in [0.1, 0.15) is 12.5 Å². The van der Waals surface area contributed by atoms with E-state index in [2.05, 4.69) is 26.6 Å². The van der Waals surface area contributed by atoms with Crippen LogP contribution in [0.25, 0.3) is 10.7 Å². The lowest BCUT2D eigenvalue weighted by Crippen LogP contribution is -2.23. The average molecular weight is 355 g/mol. The van der Waals surface area contributed by atoms with Crippen LogP contribution in [-0.4, -0.2) is 26.3 Å². The molecule has 1 atom stereocenters. The van der Waals surface area contributed by atoms with E-state index in [4.69, 9.17) is 5.26 Å². The number of para-hydroxylation sites is 1. The van der Waals surface area contributed by atoms with Crippen LogP contribution in [0.3, 0.4) is 0 Å². The van der Waals surface area contributed by atoms with Gasteiger partial charge in [-0.05, 0) is 30.5 Å². The Morgan fingerprint density at radius 3 is 2.96 bits per heavy atom. The zero-order valence-corrected chi connectivity index (χ0v) is 14.3. The fourth-order valence-electron chi connectivity index (χ4n) is 1.96. The molecule has 0 radical (unpaired) electrons. The molecule has 0 bridgehead atoms. The van der Waals surface area contributed by atoms with E-state index >= 15 is 0 Å². The molecule has 0 unspecified atom stereocenters. The molecule has 2 N–H and O–H groups in total. The number of aromatic amines is 1. The van der Waals surface area contributed by atoms with Crippen molar-refractivity contribution in [2.75, 3.05) is 5.32 Å². The van der Waals surface area contributed by atoms with E-state index in [1.165, 1.54) is 11.8 Å². The van der Waals surface area contributed by atoms with Crippen LogP contribution in [0.5, 0.6) is 0 Å². The highest BCUT2D eigenvalue weighted by Gasteiger charge is 2.18. The third-order valence-electron chi connectivity index (χ3n) is 3.18. The lowest BCUT2D eigenvalue weighted by molar-refractivity contribution is -0.115. The first-order valence-electron chi connectivity index (χ1n) is 7.10. The number of thiophene rings is 1. The van der Waals surface area contributed by atoms with E-state index in [0.29, 0.717) is 22.2 Å². The number of H-pyrrole nitrogens is 1. The van der Waals surface area contributed by atoms with Gasteiger partial charge >= 0.3 is 0 Å². The molecule has 0 aliphatic heterocycles. The zero-order chi connectivity index (χ0) is 16.9.